The van der Waals surface area contributed by atoms with Crippen LogP contribution in [0.2, 0.25) is 0 Å². The van der Waals surface area contributed by atoms with E-state index in [1.807, 2.05) is 0 Å². The number of hydrogen-bond acceptors (Lipinski definition) is 5. The lowest BCUT2D eigenvalue weighted by Gasteiger charge is -2.30. The van der Waals surface area contributed by atoms with Gasteiger partial charge in [-0.05, 0) is 38.0 Å². The van der Waals surface area contributed by atoms with Crippen LogP contribution in [0, 0.1) is 12.8 Å². The molecular formula is C18H21N3O4. The molecule has 25 heavy (non-hydrogen) atoms. The summed E-state index contributed by atoms with van der Waals surface area (Å²) in [5, 5.41) is 12.1. The van der Waals surface area contributed by atoms with Crippen LogP contribution >= 0.6 is 0 Å². The van der Waals surface area contributed by atoms with Gasteiger partial charge in [0.15, 0.2) is 5.76 Å². The first-order valence-electron chi connectivity index (χ1n) is 8.29. The molecule has 132 valence electrons. The van der Waals surface area contributed by atoms with Crippen LogP contribution in [0.15, 0.2) is 35.0 Å². The minimum Gasteiger partial charge on any atom is -0.456 e. The molecule has 0 saturated carbocycles. The molecule has 0 bridgehead atoms. The van der Waals surface area contributed by atoms with Crippen molar-refractivity contribution in [1.82, 2.24) is 9.88 Å². The Morgan fingerprint density at radius 1 is 1.40 bits per heavy atom. The number of aliphatic hydroxyl groups is 1. The van der Waals surface area contributed by atoms with Gasteiger partial charge >= 0.3 is 0 Å². The molecular weight excluding hydrogens is 322 g/mol. The molecule has 2 N–H and O–H groups in total. The summed E-state index contributed by atoms with van der Waals surface area (Å²) in [6.45, 7) is 2.56. The molecule has 7 nitrogen and oxygen atoms in total. The van der Waals surface area contributed by atoms with Gasteiger partial charge in [-0.25, -0.2) is 0 Å². The van der Waals surface area contributed by atoms with Crippen LogP contribution in [-0.4, -0.2) is 39.9 Å². The Morgan fingerprint density at radius 3 is 2.76 bits per heavy atom. The van der Waals surface area contributed by atoms with Crippen LogP contribution in [0.25, 0.3) is 0 Å². The normalized spacial score (nSPS) is 15.2. The minimum absolute atomic E-state index is 0.0449. The topological polar surface area (TPSA) is 95.7 Å². The van der Waals surface area contributed by atoms with Crippen molar-refractivity contribution in [1.29, 1.82) is 0 Å². The van der Waals surface area contributed by atoms with Gasteiger partial charge in [0.2, 0.25) is 5.91 Å². The number of piperidine rings is 1. The zero-order valence-electron chi connectivity index (χ0n) is 14.1. The number of furan rings is 1. The summed E-state index contributed by atoms with van der Waals surface area (Å²) in [4.78, 5) is 30.5. The second kappa shape index (κ2) is 7.48. The van der Waals surface area contributed by atoms with Gasteiger partial charge in [-0.15, -0.1) is 0 Å². The number of rotatable bonds is 4. The third-order valence-corrected chi connectivity index (χ3v) is 4.48. The van der Waals surface area contributed by atoms with Crippen LogP contribution in [0.5, 0.6) is 0 Å². The standard InChI is InChI=1S/C18H21N3O4/c1-12-14(11-22)9-16(25-12)18(24)21-7-4-13(5-8-21)17(23)20-15-3-2-6-19-10-15/h2-3,6,9-10,13,22H,4-5,7-8,11H2,1H3,(H,20,23). The van der Waals surface area contributed by atoms with Gasteiger partial charge in [-0.3, -0.25) is 14.6 Å². The second-order valence-electron chi connectivity index (χ2n) is 6.15. The summed E-state index contributed by atoms with van der Waals surface area (Å²) in [6, 6.07) is 5.14. The Kier molecular flexibility index (Phi) is 5.14. The van der Waals surface area contributed by atoms with Crippen LogP contribution in [0.3, 0.4) is 0 Å². The first kappa shape index (κ1) is 17.2. The van der Waals surface area contributed by atoms with E-state index in [-0.39, 0.29) is 30.1 Å². The third kappa shape index (κ3) is 3.88. The molecule has 2 aromatic rings. The fraction of sp³-hybridized carbons (Fsp3) is 0.389. The molecule has 0 aliphatic carbocycles. The molecule has 0 aromatic carbocycles. The summed E-state index contributed by atoms with van der Waals surface area (Å²) >= 11 is 0. The van der Waals surface area contributed by atoms with E-state index in [0.29, 0.717) is 42.9 Å². The van der Waals surface area contributed by atoms with Gasteiger partial charge in [0, 0.05) is 30.8 Å². The van der Waals surface area contributed by atoms with Crippen molar-refractivity contribution in [2.24, 2.45) is 5.92 Å². The van der Waals surface area contributed by atoms with Crippen LogP contribution < -0.4 is 5.32 Å². The number of anilines is 1. The quantitative estimate of drug-likeness (QED) is 0.885. The maximum Gasteiger partial charge on any atom is 0.289 e. The Labute approximate surface area is 145 Å². The first-order valence-corrected chi connectivity index (χ1v) is 8.29. The lowest BCUT2D eigenvalue weighted by molar-refractivity contribution is -0.121. The second-order valence-corrected chi connectivity index (χ2v) is 6.15. The number of nitrogens with zero attached hydrogens (tertiary/aromatic N) is 2. The number of aliphatic hydroxyl groups excluding tert-OH is 1. The van der Waals surface area contributed by atoms with E-state index in [1.165, 1.54) is 0 Å². The predicted octanol–water partition coefficient (Wildman–Crippen LogP) is 1.97. The van der Waals surface area contributed by atoms with E-state index in [2.05, 4.69) is 10.3 Å². The maximum atomic E-state index is 12.5. The molecule has 3 rings (SSSR count). The van der Waals surface area contributed by atoms with Crippen molar-refractivity contribution in [3.8, 4) is 0 Å². The van der Waals surface area contributed by atoms with Gasteiger partial charge in [0.05, 0.1) is 18.5 Å². The van der Waals surface area contributed by atoms with Gasteiger partial charge in [0.25, 0.3) is 5.91 Å². The van der Waals surface area contributed by atoms with Crippen LogP contribution in [0.4, 0.5) is 5.69 Å². The summed E-state index contributed by atoms with van der Waals surface area (Å²) < 4.78 is 5.44. The van der Waals surface area contributed by atoms with Gasteiger partial charge in [0.1, 0.15) is 5.76 Å². The van der Waals surface area contributed by atoms with Gasteiger partial charge in [-0.2, -0.15) is 0 Å². The Bertz CT molecular complexity index is 749. The first-order chi connectivity index (χ1) is 12.1. The predicted molar refractivity (Wildman–Crippen MR) is 90.9 cm³/mol. The number of pyridine rings is 1. The lowest BCUT2D eigenvalue weighted by Crippen LogP contribution is -2.41. The average Bonchev–Trinajstić information content (AvgIpc) is 3.03. The van der Waals surface area contributed by atoms with Gasteiger partial charge < -0.3 is 19.7 Å². The minimum atomic E-state index is -0.200. The fourth-order valence-corrected chi connectivity index (χ4v) is 2.96. The average molecular weight is 343 g/mol. The van der Waals surface area contributed by atoms with Crippen LogP contribution in [-0.2, 0) is 11.4 Å². The van der Waals surface area contributed by atoms with Gasteiger partial charge in [-0.1, -0.05) is 0 Å². The SMILES string of the molecule is Cc1oc(C(=O)N2CCC(C(=O)Nc3cccnc3)CC2)cc1CO. The highest BCUT2D eigenvalue weighted by atomic mass is 16.4. The maximum absolute atomic E-state index is 12.5. The largest absolute Gasteiger partial charge is 0.456 e. The summed E-state index contributed by atoms with van der Waals surface area (Å²) in [7, 11) is 0. The number of aryl methyl sites for hydroxylation is 1. The zero-order valence-corrected chi connectivity index (χ0v) is 14.1. The van der Waals surface area contributed by atoms with Crippen molar-refractivity contribution in [2.45, 2.75) is 26.4 Å². The molecule has 3 heterocycles. The number of aromatic nitrogens is 1. The zero-order chi connectivity index (χ0) is 17.8. The van der Waals surface area contributed by atoms with E-state index in [9.17, 15) is 14.7 Å². The van der Waals surface area contributed by atoms with E-state index in [1.54, 1.807) is 42.4 Å². The highest BCUT2D eigenvalue weighted by molar-refractivity contribution is 5.94. The lowest BCUT2D eigenvalue weighted by atomic mass is 9.95. The Morgan fingerprint density at radius 2 is 2.16 bits per heavy atom. The Hall–Kier alpha value is -2.67. The molecule has 0 unspecified atom stereocenters. The number of amides is 2. The molecule has 7 heteroatoms. The van der Waals surface area contributed by atoms with Crippen molar-refractivity contribution >= 4 is 17.5 Å². The van der Waals surface area contributed by atoms with E-state index < -0.39 is 0 Å². The van der Waals surface area contributed by atoms with E-state index in [4.69, 9.17) is 4.42 Å². The van der Waals surface area contributed by atoms with E-state index in [0.717, 1.165) is 0 Å². The summed E-state index contributed by atoms with van der Waals surface area (Å²) in [5.41, 5.74) is 1.29. The fourth-order valence-electron chi connectivity index (χ4n) is 2.96. The molecule has 0 atom stereocenters. The summed E-state index contributed by atoms with van der Waals surface area (Å²) in [6.07, 6.45) is 4.46. The molecule has 1 fully saturated rings. The molecule has 1 aliphatic heterocycles. The molecule has 0 spiro atoms. The van der Waals surface area contributed by atoms with Crippen molar-refractivity contribution in [3.63, 3.8) is 0 Å². The smallest absolute Gasteiger partial charge is 0.289 e. The van der Waals surface area contributed by atoms with Crippen molar-refractivity contribution < 1.29 is 19.1 Å². The van der Waals surface area contributed by atoms with Crippen LogP contribution in [0.1, 0.15) is 34.7 Å². The number of carbonyl (C=O) groups excluding carboxylic acids is 2. The third-order valence-electron chi connectivity index (χ3n) is 4.48. The number of likely N-dealkylation sites (tertiary alicyclic amines) is 1. The van der Waals surface area contributed by atoms with Crippen molar-refractivity contribution in [3.05, 3.63) is 47.7 Å². The molecule has 1 aliphatic rings. The number of carbonyl (C=O) groups is 2. The number of hydrogen-bond donors (Lipinski definition) is 2. The molecule has 1 saturated heterocycles. The Balaban J connectivity index is 1.56. The molecule has 0 radical (unpaired) electrons. The van der Waals surface area contributed by atoms with Crippen molar-refractivity contribution in [2.75, 3.05) is 18.4 Å². The monoisotopic (exact) mass is 343 g/mol. The molecule has 2 amide bonds. The van der Waals surface area contributed by atoms with E-state index >= 15 is 0 Å². The number of nitrogens with one attached hydrogen (secondary N) is 1. The molecule has 2 aromatic heterocycles. The summed E-state index contributed by atoms with van der Waals surface area (Å²) in [5.74, 6) is 0.414. The highest BCUT2D eigenvalue weighted by Crippen LogP contribution is 2.22. The highest BCUT2D eigenvalue weighted by Gasteiger charge is 2.29.